The van der Waals surface area contributed by atoms with Crippen LogP contribution in [-0.2, 0) is 0 Å². The molecule has 0 fully saturated rings. The molecule has 96 valence electrons. The predicted molar refractivity (Wildman–Crippen MR) is 69.0 cm³/mol. The van der Waals surface area contributed by atoms with E-state index < -0.39 is 6.10 Å². The summed E-state index contributed by atoms with van der Waals surface area (Å²) in [7, 11) is 0. The van der Waals surface area contributed by atoms with Gasteiger partial charge in [0.25, 0.3) is 0 Å². The van der Waals surface area contributed by atoms with E-state index in [1.54, 1.807) is 12.1 Å². The third kappa shape index (κ3) is 2.71. The third-order valence-electron chi connectivity index (χ3n) is 2.83. The molecule has 0 saturated carbocycles. The Morgan fingerprint density at radius 1 is 1.39 bits per heavy atom. The van der Waals surface area contributed by atoms with Crippen LogP contribution in [0.5, 0.6) is 5.75 Å². The summed E-state index contributed by atoms with van der Waals surface area (Å²) in [4.78, 5) is 11.2. The van der Waals surface area contributed by atoms with Gasteiger partial charge in [-0.3, -0.25) is 0 Å². The highest BCUT2D eigenvalue weighted by atomic mass is 16.5. The second kappa shape index (κ2) is 5.23. The van der Waals surface area contributed by atoms with Crippen molar-refractivity contribution < 1.29 is 14.3 Å². The van der Waals surface area contributed by atoms with Gasteiger partial charge in [-0.25, -0.2) is 4.79 Å². The zero-order valence-corrected chi connectivity index (χ0v) is 10.5. The molecule has 0 amide bonds. The highest BCUT2D eigenvalue weighted by Crippen LogP contribution is 2.22. The number of ether oxygens (including phenoxy) is 1. The number of rotatable bonds is 4. The summed E-state index contributed by atoms with van der Waals surface area (Å²) in [6.07, 6.45) is 0.192. The fourth-order valence-corrected chi connectivity index (χ4v) is 1.70. The van der Waals surface area contributed by atoms with Crippen LogP contribution in [0.3, 0.4) is 0 Å². The monoisotopic (exact) mass is 248 g/mol. The molecule has 4 heteroatoms. The van der Waals surface area contributed by atoms with Gasteiger partial charge >= 0.3 is 5.63 Å². The molecule has 18 heavy (non-hydrogen) atoms. The van der Waals surface area contributed by atoms with Crippen molar-refractivity contribution in [1.29, 1.82) is 0 Å². The molecule has 2 rings (SSSR count). The van der Waals surface area contributed by atoms with Gasteiger partial charge in [-0.05, 0) is 37.1 Å². The summed E-state index contributed by atoms with van der Waals surface area (Å²) in [5.74, 6) is 0.659. The SMILES string of the molecule is CC[C@H](O)COc1ccc2oc(=O)cc(C)c2c1. The van der Waals surface area contributed by atoms with E-state index in [2.05, 4.69) is 0 Å². The molecule has 0 spiro atoms. The molecular weight excluding hydrogens is 232 g/mol. The van der Waals surface area contributed by atoms with Gasteiger partial charge < -0.3 is 14.3 Å². The topological polar surface area (TPSA) is 59.7 Å². The van der Waals surface area contributed by atoms with Crippen LogP contribution in [0.1, 0.15) is 18.9 Å². The maximum absolute atomic E-state index is 11.2. The van der Waals surface area contributed by atoms with Crippen LogP contribution in [0.4, 0.5) is 0 Å². The molecule has 0 aliphatic rings. The highest BCUT2D eigenvalue weighted by Gasteiger charge is 2.06. The zero-order valence-electron chi connectivity index (χ0n) is 10.5. The minimum atomic E-state index is -0.463. The van der Waals surface area contributed by atoms with Gasteiger partial charge in [-0.15, -0.1) is 0 Å². The molecule has 0 radical (unpaired) electrons. The fraction of sp³-hybridized carbons (Fsp3) is 0.357. The van der Waals surface area contributed by atoms with Crippen molar-refractivity contribution in [3.63, 3.8) is 0 Å². The Labute approximate surface area is 105 Å². The van der Waals surface area contributed by atoms with Gasteiger partial charge in [0.2, 0.25) is 0 Å². The predicted octanol–water partition coefficient (Wildman–Crippen LogP) is 2.25. The van der Waals surface area contributed by atoms with Crippen LogP contribution < -0.4 is 10.4 Å². The second-order valence-corrected chi connectivity index (χ2v) is 4.28. The molecule has 1 atom stereocenters. The highest BCUT2D eigenvalue weighted by molar-refractivity contribution is 5.81. The molecule has 0 unspecified atom stereocenters. The number of fused-ring (bicyclic) bond motifs is 1. The van der Waals surface area contributed by atoms with Gasteiger partial charge in [0.15, 0.2) is 0 Å². The first-order valence-electron chi connectivity index (χ1n) is 5.95. The number of aliphatic hydroxyl groups is 1. The average molecular weight is 248 g/mol. The van der Waals surface area contributed by atoms with Crippen molar-refractivity contribution in [3.8, 4) is 5.75 Å². The molecular formula is C14H16O4. The van der Waals surface area contributed by atoms with Gasteiger partial charge in [0.1, 0.15) is 17.9 Å². The molecule has 0 aliphatic carbocycles. The Hall–Kier alpha value is -1.81. The maximum Gasteiger partial charge on any atom is 0.336 e. The largest absolute Gasteiger partial charge is 0.491 e. The van der Waals surface area contributed by atoms with E-state index in [9.17, 15) is 9.90 Å². The molecule has 1 N–H and O–H groups in total. The summed E-state index contributed by atoms with van der Waals surface area (Å²) < 4.78 is 10.6. The van der Waals surface area contributed by atoms with E-state index in [1.165, 1.54) is 6.07 Å². The number of hydrogen-bond acceptors (Lipinski definition) is 4. The first-order chi connectivity index (χ1) is 8.60. The van der Waals surface area contributed by atoms with Crippen LogP contribution >= 0.6 is 0 Å². The first kappa shape index (κ1) is 12.6. The van der Waals surface area contributed by atoms with Crippen LogP contribution in [0.25, 0.3) is 11.0 Å². The molecule has 4 nitrogen and oxygen atoms in total. The summed E-state index contributed by atoms with van der Waals surface area (Å²) >= 11 is 0. The van der Waals surface area contributed by atoms with Gasteiger partial charge in [-0.2, -0.15) is 0 Å². The second-order valence-electron chi connectivity index (χ2n) is 4.28. The van der Waals surface area contributed by atoms with Crippen LogP contribution in [0, 0.1) is 6.92 Å². The number of aliphatic hydroxyl groups excluding tert-OH is 1. The standard InChI is InChI=1S/C14H16O4/c1-3-10(15)8-17-11-4-5-13-12(7-11)9(2)6-14(16)18-13/h4-7,10,15H,3,8H2,1-2H3/t10-/m0/s1. The van der Waals surface area contributed by atoms with Gasteiger partial charge in [-0.1, -0.05) is 6.92 Å². The molecule has 2 aromatic rings. The fourth-order valence-electron chi connectivity index (χ4n) is 1.70. The number of aryl methyl sites for hydroxylation is 1. The average Bonchev–Trinajstić information content (AvgIpc) is 2.36. The molecule has 1 aromatic heterocycles. The Morgan fingerprint density at radius 3 is 2.89 bits per heavy atom. The number of hydrogen-bond donors (Lipinski definition) is 1. The minimum Gasteiger partial charge on any atom is -0.491 e. The smallest absolute Gasteiger partial charge is 0.336 e. The van der Waals surface area contributed by atoms with E-state index in [1.807, 2.05) is 19.9 Å². The van der Waals surface area contributed by atoms with Crippen molar-refractivity contribution in [2.24, 2.45) is 0 Å². The Kier molecular flexibility index (Phi) is 3.67. The van der Waals surface area contributed by atoms with Crippen LogP contribution in [-0.4, -0.2) is 17.8 Å². The number of benzene rings is 1. The third-order valence-corrected chi connectivity index (χ3v) is 2.83. The first-order valence-corrected chi connectivity index (χ1v) is 5.95. The Bertz CT molecular complexity index is 600. The van der Waals surface area contributed by atoms with Crippen LogP contribution in [0.15, 0.2) is 33.5 Å². The summed E-state index contributed by atoms with van der Waals surface area (Å²) in [5, 5.41) is 10.3. The van der Waals surface area contributed by atoms with Crippen molar-refractivity contribution in [3.05, 3.63) is 40.2 Å². The lowest BCUT2D eigenvalue weighted by atomic mass is 10.1. The van der Waals surface area contributed by atoms with Crippen molar-refractivity contribution in [2.75, 3.05) is 6.61 Å². The molecule has 1 aromatic carbocycles. The summed E-state index contributed by atoms with van der Waals surface area (Å²) in [6, 6.07) is 6.70. The van der Waals surface area contributed by atoms with Gasteiger partial charge in [0, 0.05) is 11.5 Å². The van der Waals surface area contributed by atoms with Crippen molar-refractivity contribution in [1.82, 2.24) is 0 Å². The Morgan fingerprint density at radius 2 is 2.17 bits per heavy atom. The van der Waals surface area contributed by atoms with Crippen molar-refractivity contribution >= 4 is 11.0 Å². The molecule has 0 saturated heterocycles. The van der Waals surface area contributed by atoms with E-state index in [4.69, 9.17) is 9.15 Å². The van der Waals surface area contributed by atoms with E-state index in [-0.39, 0.29) is 12.2 Å². The zero-order chi connectivity index (χ0) is 13.1. The van der Waals surface area contributed by atoms with Crippen LogP contribution in [0.2, 0.25) is 0 Å². The van der Waals surface area contributed by atoms with E-state index >= 15 is 0 Å². The molecule has 1 heterocycles. The molecule has 0 bridgehead atoms. The molecule has 0 aliphatic heterocycles. The van der Waals surface area contributed by atoms with E-state index in [0.29, 0.717) is 17.8 Å². The summed E-state index contributed by atoms with van der Waals surface area (Å²) in [6.45, 7) is 4.01. The minimum absolute atomic E-state index is 0.262. The van der Waals surface area contributed by atoms with E-state index in [0.717, 1.165) is 10.9 Å². The van der Waals surface area contributed by atoms with Gasteiger partial charge in [0.05, 0.1) is 6.10 Å². The lowest BCUT2D eigenvalue weighted by molar-refractivity contribution is 0.104. The normalized spacial score (nSPS) is 12.6. The maximum atomic E-state index is 11.2. The van der Waals surface area contributed by atoms with Crippen molar-refractivity contribution in [2.45, 2.75) is 26.4 Å². The Balaban J connectivity index is 2.30. The lowest BCUT2D eigenvalue weighted by Crippen LogP contribution is -2.15. The summed E-state index contributed by atoms with van der Waals surface area (Å²) in [5.41, 5.74) is 1.04. The lowest BCUT2D eigenvalue weighted by Gasteiger charge is -2.11. The quantitative estimate of drug-likeness (QED) is 0.843.